The normalized spacial score (nSPS) is 10.8. The fraction of sp³-hybridized carbons (Fsp3) is 0.261. The van der Waals surface area contributed by atoms with E-state index in [-0.39, 0.29) is 11.8 Å². The van der Waals surface area contributed by atoms with Crippen LogP contribution in [0.1, 0.15) is 42.0 Å². The van der Waals surface area contributed by atoms with Crippen molar-refractivity contribution in [2.45, 2.75) is 34.1 Å². The van der Waals surface area contributed by atoms with Crippen LogP contribution in [0.4, 0.5) is 11.4 Å². The molecule has 29 heavy (non-hydrogen) atoms. The van der Waals surface area contributed by atoms with E-state index in [4.69, 9.17) is 0 Å². The number of hydrogen-bond donors (Lipinski definition) is 2. The van der Waals surface area contributed by atoms with E-state index >= 15 is 0 Å². The van der Waals surface area contributed by atoms with E-state index in [2.05, 4.69) is 15.7 Å². The first kappa shape index (κ1) is 20.3. The van der Waals surface area contributed by atoms with Gasteiger partial charge < -0.3 is 10.6 Å². The van der Waals surface area contributed by atoms with Crippen molar-refractivity contribution in [3.63, 3.8) is 0 Å². The Hall–Kier alpha value is -3.41. The summed E-state index contributed by atoms with van der Waals surface area (Å²) in [5.41, 5.74) is 4.28. The molecule has 0 atom stereocenters. The Morgan fingerprint density at radius 2 is 1.52 bits per heavy atom. The third-order valence-corrected chi connectivity index (χ3v) is 4.54. The van der Waals surface area contributed by atoms with Crippen molar-refractivity contribution in [1.82, 2.24) is 9.78 Å². The summed E-state index contributed by atoms with van der Waals surface area (Å²) >= 11 is 0. The number of anilines is 2. The second kappa shape index (κ2) is 8.73. The van der Waals surface area contributed by atoms with E-state index in [9.17, 15) is 9.59 Å². The summed E-state index contributed by atoms with van der Waals surface area (Å²) in [5, 5.41) is 10.3. The third-order valence-electron chi connectivity index (χ3n) is 4.54. The van der Waals surface area contributed by atoms with Gasteiger partial charge in [0.1, 0.15) is 0 Å². The fourth-order valence-electron chi connectivity index (χ4n) is 3.21. The van der Waals surface area contributed by atoms with Gasteiger partial charge in [0, 0.05) is 17.8 Å². The van der Waals surface area contributed by atoms with E-state index in [0.717, 1.165) is 11.4 Å². The van der Waals surface area contributed by atoms with Crippen LogP contribution in [0, 0.1) is 19.8 Å². The van der Waals surface area contributed by atoms with Gasteiger partial charge in [0.15, 0.2) is 0 Å². The number of nitrogens with zero attached hydrogens (tertiary/aromatic N) is 2. The summed E-state index contributed by atoms with van der Waals surface area (Å²) in [5.74, 6) is 0.0759. The van der Waals surface area contributed by atoms with Crippen LogP contribution in [0.3, 0.4) is 0 Å². The van der Waals surface area contributed by atoms with Crippen molar-refractivity contribution in [3.8, 4) is 5.69 Å². The number of amides is 2. The smallest absolute Gasteiger partial charge is 0.259 e. The van der Waals surface area contributed by atoms with E-state index in [1.165, 1.54) is 0 Å². The second-order valence-corrected chi connectivity index (χ2v) is 7.47. The molecule has 0 unspecified atom stereocenters. The molecule has 3 rings (SSSR count). The minimum Gasteiger partial charge on any atom is -0.326 e. The standard InChI is InChI=1S/C23H26N4O2/c1-15(2)14-21(28)24-18-10-12-19(13-11-18)25-23(29)22-16(3)26-27(17(22)4)20-8-6-5-7-9-20/h5-13,15H,14H2,1-4H3,(H,24,28)(H,25,29). The Morgan fingerprint density at radius 3 is 2.10 bits per heavy atom. The quantitative estimate of drug-likeness (QED) is 0.639. The molecular formula is C23H26N4O2. The third kappa shape index (κ3) is 4.90. The first-order valence-electron chi connectivity index (χ1n) is 9.68. The van der Waals surface area contributed by atoms with Gasteiger partial charge in [-0.15, -0.1) is 0 Å². The number of hydrogen-bond acceptors (Lipinski definition) is 3. The van der Waals surface area contributed by atoms with Gasteiger partial charge in [-0.3, -0.25) is 9.59 Å². The largest absolute Gasteiger partial charge is 0.326 e. The summed E-state index contributed by atoms with van der Waals surface area (Å²) in [6.07, 6.45) is 0.475. The molecule has 0 spiro atoms. The molecule has 1 heterocycles. The Balaban J connectivity index is 1.72. The average molecular weight is 390 g/mol. The molecular weight excluding hydrogens is 364 g/mol. The van der Waals surface area contributed by atoms with Crippen LogP contribution in [0.25, 0.3) is 5.69 Å². The molecule has 0 fully saturated rings. The Labute approximate surface area is 170 Å². The summed E-state index contributed by atoms with van der Waals surface area (Å²) in [4.78, 5) is 24.7. The number of benzene rings is 2. The van der Waals surface area contributed by atoms with Crippen LogP contribution in [0.2, 0.25) is 0 Å². The maximum Gasteiger partial charge on any atom is 0.259 e. The molecule has 2 aromatic carbocycles. The number of rotatable bonds is 6. The molecule has 0 saturated carbocycles. The fourth-order valence-corrected chi connectivity index (χ4v) is 3.21. The van der Waals surface area contributed by atoms with Gasteiger partial charge in [0.2, 0.25) is 5.91 Å². The van der Waals surface area contributed by atoms with Crippen LogP contribution < -0.4 is 10.6 Å². The average Bonchev–Trinajstić information content (AvgIpc) is 2.97. The van der Waals surface area contributed by atoms with Gasteiger partial charge in [-0.2, -0.15) is 5.10 Å². The lowest BCUT2D eigenvalue weighted by atomic mass is 10.1. The lowest BCUT2D eigenvalue weighted by Gasteiger charge is -2.09. The van der Waals surface area contributed by atoms with E-state index in [0.29, 0.717) is 35.0 Å². The molecule has 3 aromatic rings. The van der Waals surface area contributed by atoms with E-state index in [1.807, 2.05) is 58.0 Å². The second-order valence-electron chi connectivity index (χ2n) is 7.47. The Morgan fingerprint density at radius 1 is 0.931 bits per heavy atom. The van der Waals surface area contributed by atoms with Crippen LogP contribution in [-0.2, 0) is 4.79 Å². The molecule has 6 heteroatoms. The zero-order valence-corrected chi connectivity index (χ0v) is 17.2. The van der Waals surface area contributed by atoms with Gasteiger partial charge >= 0.3 is 0 Å². The number of carbonyl (C=O) groups is 2. The molecule has 6 nitrogen and oxygen atoms in total. The lowest BCUT2D eigenvalue weighted by Crippen LogP contribution is -2.15. The highest BCUT2D eigenvalue weighted by atomic mass is 16.2. The number of aromatic nitrogens is 2. The van der Waals surface area contributed by atoms with E-state index in [1.54, 1.807) is 28.9 Å². The molecule has 0 saturated heterocycles. The lowest BCUT2D eigenvalue weighted by molar-refractivity contribution is -0.116. The van der Waals surface area contributed by atoms with Gasteiger partial charge in [-0.05, 0) is 56.2 Å². The van der Waals surface area contributed by atoms with Crippen molar-refractivity contribution in [2.75, 3.05) is 10.6 Å². The summed E-state index contributed by atoms with van der Waals surface area (Å²) < 4.78 is 1.78. The van der Waals surface area contributed by atoms with Crippen LogP contribution in [0.5, 0.6) is 0 Å². The number of nitrogens with one attached hydrogen (secondary N) is 2. The van der Waals surface area contributed by atoms with Gasteiger partial charge in [-0.25, -0.2) is 4.68 Å². The summed E-state index contributed by atoms with van der Waals surface area (Å²) in [6, 6.07) is 16.8. The Bertz CT molecular complexity index is 1010. The topological polar surface area (TPSA) is 76.0 Å². The number of carbonyl (C=O) groups excluding carboxylic acids is 2. The zero-order valence-electron chi connectivity index (χ0n) is 17.2. The molecule has 0 aliphatic carbocycles. The molecule has 2 amide bonds. The molecule has 0 aliphatic heterocycles. The SMILES string of the molecule is Cc1nn(-c2ccccc2)c(C)c1C(=O)Nc1ccc(NC(=O)CC(C)C)cc1. The molecule has 0 radical (unpaired) electrons. The predicted octanol–water partition coefficient (Wildman–Crippen LogP) is 4.73. The van der Waals surface area contributed by atoms with Gasteiger partial charge in [0.05, 0.1) is 22.6 Å². The first-order chi connectivity index (χ1) is 13.8. The maximum atomic E-state index is 12.9. The van der Waals surface area contributed by atoms with Crippen molar-refractivity contribution in [3.05, 3.63) is 71.5 Å². The minimum atomic E-state index is -0.209. The maximum absolute atomic E-state index is 12.9. The number of aryl methyl sites for hydroxylation is 1. The van der Waals surface area contributed by atoms with Crippen molar-refractivity contribution in [1.29, 1.82) is 0 Å². The van der Waals surface area contributed by atoms with Gasteiger partial charge in [-0.1, -0.05) is 32.0 Å². The van der Waals surface area contributed by atoms with Crippen molar-refractivity contribution in [2.24, 2.45) is 5.92 Å². The molecule has 1 aromatic heterocycles. The highest BCUT2D eigenvalue weighted by Gasteiger charge is 2.19. The van der Waals surface area contributed by atoms with E-state index < -0.39 is 0 Å². The van der Waals surface area contributed by atoms with Crippen LogP contribution in [-0.4, -0.2) is 21.6 Å². The first-order valence-corrected chi connectivity index (χ1v) is 9.68. The van der Waals surface area contributed by atoms with Crippen molar-refractivity contribution >= 4 is 23.2 Å². The van der Waals surface area contributed by atoms with Crippen molar-refractivity contribution < 1.29 is 9.59 Å². The highest BCUT2D eigenvalue weighted by molar-refractivity contribution is 6.06. The monoisotopic (exact) mass is 390 g/mol. The number of para-hydroxylation sites is 1. The minimum absolute atomic E-state index is 0.0173. The molecule has 2 N–H and O–H groups in total. The summed E-state index contributed by atoms with van der Waals surface area (Å²) in [6.45, 7) is 7.72. The molecule has 150 valence electrons. The highest BCUT2D eigenvalue weighted by Crippen LogP contribution is 2.20. The molecule has 0 bridgehead atoms. The summed E-state index contributed by atoms with van der Waals surface area (Å²) in [7, 11) is 0. The Kier molecular flexibility index (Phi) is 6.12. The zero-order chi connectivity index (χ0) is 21.0. The van der Waals surface area contributed by atoms with Gasteiger partial charge in [0.25, 0.3) is 5.91 Å². The predicted molar refractivity (Wildman–Crippen MR) is 116 cm³/mol. The van der Waals surface area contributed by atoms with Crippen LogP contribution in [0.15, 0.2) is 54.6 Å². The van der Waals surface area contributed by atoms with Crippen LogP contribution >= 0.6 is 0 Å². The molecule has 0 aliphatic rings.